The highest BCUT2D eigenvalue weighted by atomic mass is 35.5. The van der Waals surface area contributed by atoms with Gasteiger partial charge in [0.25, 0.3) is 0 Å². The molecule has 0 radical (unpaired) electrons. The van der Waals surface area contributed by atoms with Gasteiger partial charge in [-0.05, 0) is 42.5 Å². The van der Waals surface area contributed by atoms with E-state index in [2.05, 4.69) is 5.32 Å². The van der Waals surface area contributed by atoms with Crippen LogP contribution in [0.4, 0.5) is 5.69 Å². The molecule has 0 spiro atoms. The van der Waals surface area contributed by atoms with Crippen LogP contribution in [0.2, 0.25) is 5.02 Å². The molecule has 0 bridgehead atoms. The first-order valence-corrected chi connectivity index (χ1v) is 13.6. The molecule has 0 unspecified atom stereocenters. The van der Waals surface area contributed by atoms with Gasteiger partial charge in [0.15, 0.2) is 0 Å². The van der Waals surface area contributed by atoms with Gasteiger partial charge in [0.1, 0.15) is 12.6 Å². The highest BCUT2D eigenvalue weighted by Crippen LogP contribution is 2.29. The third-order valence-electron chi connectivity index (χ3n) is 5.52. The Kier molecular flexibility index (Phi) is 9.94. The monoisotopic (exact) mass is 507 g/mol. The van der Waals surface area contributed by atoms with Gasteiger partial charge in [-0.3, -0.25) is 13.9 Å². The largest absolute Gasteiger partial charge is 0.354 e. The lowest BCUT2D eigenvalue weighted by atomic mass is 10.0. The van der Waals surface area contributed by atoms with Gasteiger partial charge in [0.2, 0.25) is 21.8 Å². The van der Waals surface area contributed by atoms with Crippen molar-refractivity contribution >= 4 is 39.1 Å². The van der Waals surface area contributed by atoms with Crippen molar-refractivity contribution in [1.29, 1.82) is 0 Å². The Morgan fingerprint density at radius 3 is 2.24 bits per heavy atom. The summed E-state index contributed by atoms with van der Waals surface area (Å²) in [6, 6.07) is 13.4. The fraction of sp³-hybridized carbons (Fsp3) is 0.440. The van der Waals surface area contributed by atoms with Gasteiger partial charge >= 0.3 is 0 Å². The molecule has 0 saturated carbocycles. The second-order valence-electron chi connectivity index (χ2n) is 8.56. The van der Waals surface area contributed by atoms with Crippen LogP contribution in [-0.2, 0) is 26.2 Å². The zero-order valence-electron chi connectivity index (χ0n) is 20.4. The molecular formula is C25H34ClN3O4S. The molecule has 186 valence electrons. The molecule has 0 aliphatic heterocycles. The third kappa shape index (κ3) is 7.21. The summed E-state index contributed by atoms with van der Waals surface area (Å²) in [5.41, 5.74) is 1.93. The third-order valence-corrected chi connectivity index (χ3v) is 7.02. The minimum absolute atomic E-state index is 0.0496. The second kappa shape index (κ2) is 12.2. The maximum atomic E-state index is 13.6. The molecule has 9 heteroatoms. The molecule has 0 heterocycles. The van der Waals surface area contributed by atoms with Crippen LogP contribution >= 0.6 is 11.6 Å². The molecule has 0 aliphatic carbocycles. The molecule has 1 atom stereocenters. The van der Waals surface area contributed by atoms with Crippen molar-refractivity contribution in [2.24, 2.45) is 0 Å². The molecule has 2 rings (SSSR count). The molecule has 0 aliphatic rings. The van der Waals surface area contributed by atoms with E-state index >= 15 is 0 Å². The van der Waals surface area contributed by atoms with Gasteiger partial charge in [-0.1, -0.05) is 68.8 Å². The summed E-state index contributed by atoms with van der Waals surface area (Å²) < 4.78 is 26.7. The van der Waals surface area contributed by atoms with Crippen molar-refractivity contribution in [1.82, 2.24) is 10.2 Å². The van der Waals surface area contributed by atoms with Gasteiger partial charge < -0.3 is 10.2 Å². The smallest absolute Gasteiger partial charge is 0.244 e. The first-order valence-electron chi connectivity index (χ1n) is 11.3. The Labute approximate surface area is 208 Å². The van der Waals surface area contributed by atoms with Gasteiger partial charge in [-0.2, -0.15) is 0 Å². The van der Waals surface area contributed by atoms with E-state index in [0.717, 1.165) is 22.5 Å². The number of hydrogen-bond acceptors (Lipinski definition) is 4. The molecule has 2 amide bonds. The van der Waals surface area contributed by atoms with Crippen molar-refractivity contribution in [2.45, 2.75) is 52.6 Å². The highest BCUT2D eigenvalue weighted by Gasteiger charge is 2.31. The molecule has 2 aromatic carbocycles. The van der Waals surface area contributed by atoms with Crippen LogP contribution in [0.3, 0.4) is 0 Å². The van der Waals surface area contributed by atoms with Crippen molar-refractivity contribution in [3.05, 3.63) is 64.7 Å². The fourth-order valence-electron chi connectivity index (χ4n) is 3.59. The lowest BCUT2D eigenvalue weighted by molar-refractivity contribution is -0.139. The number of para-hydroxylation sites is 1. The Balaban J connectivity index is 2.45. The first kappa shape index (κ1) is 27.7. The van der Waals surface area contributed by atoms with E-state index in [-0.39, 0.29) is 18.4 Å². The molecule has 7 nitrogen and oxygen atoms in total. The first-order chi connectivity index (χ1) is 16.0. The number of nitrogens with one attached hydrogen (secondary N) is 1. The van der Waals surface area contributed by atoms with Gasteiger partial charge in [0, 0.05) is 18.1 Å². The quantitative estimate of drug-likeness (QED) is 0.494. The van der Waals surface area contributed by atoms with Gasteiger partial charge in [-0.25, -0.2) is 8.42 Å². The van der Waals surface area contributed by atoms with E-state index in [9.17, 15) is 18.0 Å². The van der Waals surface area contributed by atoms with Crippen LogP contribution in [0.25, 0.3) is 0 Å². The number of carbonyl (C=O) groups is 2. The van der Waals surface area contributed by atoms with Crippen molar-refractivity contribution in [3.63, 3.8) is 0 Å². The summed E-state index contributed by atoms with van der Waals surface area (Å²) in [6.45, 7) is 7.62. The summed E-state index contributed by atoms with van der Waals surface area (Å²) in [7, 11) is -3.78. The zero-order valence-corrected chi connectivity index (χ0v) is 22.0. The average Bonchev–Trinajstić information content (AvgIpc) is 2.79. The van der Waals surface area contributed by atoms with Crippen LogP contribution in [0.15, 0.2) is 48.5 Å². The topological polar surface area (TPSA) is 86.8 Å². The normalized spacial score (nSPS) is 12.3. The van der Waals surface area contributed by atoms with Crippen LogP contribution in [0, 0.1) is 0 Å². The van der Waals surface area contributed by atoms with E-state index < -0.39 is 28.5 Å². The Hall–Kier alpha value is -2.58. The van der Waals surface area contributed by atoms with Gasteiger partial charge in [0.05, 0.1) is 11.9 Å². The molecule has 0 fully saturated rings. The molecule has 0 saturated heterocycles. The molecule has 34 heavy (non-hydrogen) atoms. The van der Waals surface area contributed by atoms with E-state index in [1.165, 1.54) is 4.90 Å². The molecule has 1 N–H and O–H groups in total. The number of rotatable bonds is 11. The second-order valence-corrected chi connectivity index (χ2v) is 10.9. The molecule has 2 aromatic rings. The Morgan fingerprint density at radius 2 is 1.65 bits per heavy atom. The maximum absolute atomic E-state index is 13.6. The lowest BCUT2D eigenvalue weighted by Gasteiger charge is -2.32. The minimum atomic E-state index is -3.78. The SMILES string of the molecule is CCCNC(=O)[C@@H](C)N(Cc1ccccc1Cl)C(=O)CN(c1ccccc1C(C)C)S(C)(=O)=O. The fourth-order valence-corrected chi connectivity index (χ4v) is 4.65. The zero-order chi connectivity index (χ0) is 25.5. The number of nitrogens with zero attached hydrogens (tertiary/aromatic N) is 2. The average molecular weight is 508 g/mol. The molecule has 0 aromatic heterocycles. The summed E-state index contributed by atoms with van der Waals surface area (Å²) in [4.78, 5) is 27.7. The Morgan fingerprint density at radius 1 is 1.03 bits per heavy atom. The number of carbonyl (C=O) groups excluding carboxylic acids is 2. The van der Waals surface area contributed by atoms with Crippen LogP contribution in [-0.4, -0.2) is 50.5 Å². The summed E-state index contributed by atoms with van der Waals surface area (Å²) in [5, 5.41) is 3.27. The van der Waals surface area contributed by atoms with Crippen molar-refractivity contribution in [2.75, 3.05) is 23.7 Å². The number of anilines is 1. The number of hydrogen-bond donors (Lipinski definition) is 1. The van der Waals surface area contributed by atoms with Crippen LogP contribution in [0.1, 0.15) is 51.2 Å². The summed E-state index contributed by atoms with van der Waals surface area (Å²) in [6.07, 6.45) is 1.83. The van der Waals surface area contributed by atoms with Crippen LogP contribution in [0.5, 0.6) is 0 Å². The van der Waals surface area contributed by atoms with E-state index in [0.29, 0.717) is 22.8 Å². The maximum Gasteiger partial charge on any atom is 0.244 e. The lowest BCUT2D eigenvalue weighted by Crippen LogP contribution is -2.51. The van der Waals surface area contributed by atoms with Gasteiger partial charge in [-0.15, -0.1) is 0 Å². The van der Waals surface area contributed by atoms with Crippen molar-refractivity contribution < 1.29 is 18.0 Å². The predicted molar refractivity (Wildman–Crippen MR) is 137 cm³/mol. The van der Waals surface area contributed by atoms with E-state index in [1.807, 2.05) is 32.9 Å². The number of benzene rings is 2. The number of halogens is 1. The summed E-state index contributed by atoms with van der Waals surface area (Å²) >= 11 is 6.33. The van der Waals surface area contributed by atoms with E-state index in [4.69, 9.17) is 11.6 Å². The number of amides is 2. The van der Waals surface area contributed by atoms with Crippen LogP contribution < -0.4 is 9.62 Å². The summed E-state index contributed by atoms with van der Waals surface area (Å²) in [5.74, 6) is -0.757. The number of sulfonamides is 1. The van der Waals surface area contributed by atoms with Crippen molar-refractivity contribution in [3.8, 4) is 0 Å². The Bertz CT molecular complexity index is 1100. The minimum Gasteiger partial charge on any atom is -0.354 e. The van der Waals surface area contributed by atoms with E-state index in [1.54, 1.807) is 43.3 Å². The molecular weight excluding hydrogens is 474 g/mol. The highest BCUT2D eigenvalue weighted by molar-refractivity contribution is 7.92. The predicted octanol–water partition coefficient (Wildman–Crippen LogP) is 4.17. The standard InChI is InChI=1S/C25H34ClN3O4S/c1-6-15-27-25(31)19(4)28(16-20-11-7-9-13-22(20)26)24(30)17-29(34(5,32)33)23-14-10-8-12-21(23)18(2)3/h7-14,18-19H,6,15-17H2,1-5H3,(H,27,31)/t19-/m1/s1.